The van der Waals surface area contributed by atoms with Crippen molar-refractivity contribution in [1.29, 1.82) is 0 Å². The summed E-state index contributed by atoms with van der Waals surface area (Å²) < 4.78 is 6.84. The fourth-order valence-corrected chi connectivity index (χ4v) is 2.98. The molecule has 3 amide bonds. The predicted molar refractivity (Wildman–Crippen MR) is 117 cm³/mol. The lowest BCUT2D eigenvalue weighted by molar-refractivity contribution is 0.102. The van der Waals surface area contributed by atoms with Crippen LogP contribution in [0, 0.1) is 0 Å². The van der Waals surface area contributed by atoms with Crippen molar-refractivity contribution in [3.05, 3.63) is 88.4 Å². The van der Waals surface area contributed by atoms with Gasteiger partial charge in [0.25, 0.3) is 5.91 Å². The number of hydrogen-bond acceptors (Lipinski definition) is 3. The van der Waals surface area contributed by atoms with Gasteiger partial charge in [0.1, 0.15) is 12.4 Å². The summed E-state index contributed by atoms with van der Waals surface area (Å²) in [6.45, 7) is 0.339. The van der Waals surface area contributed by atoms with Gasteiger partial charge in [-0.05, 0) is 42.5 Å². The number of urea groups is 1. The number of amides is 3. The Morgan fingerprint density at radius 3 is 2.17 bits per heavy atom. The minimum absolute atomic E-state index is 0.278. The van der Waals surface area contributed by atoms with E-state index in [9.17, 15) is 9.59 Å². The van der Waals surface area contributed by atoms with Gasteiger partial charge in [-0.2, -0.15) is 0 Å². The molecule has 0 bridgehead atoms. The highest BCUT2D eigenvalue weighted by molar-refractivity contribution is 9.10. The van der Waals surface area contributed by atoms with E-state index in [0.29, 0.717) is 29.3 Å². The Balaban J connectivity index is 1.68. The highest BCUT2D eigenvalue weighted by Gasteiger charge is 2.13. The van der Waals surface area contributed by atoms with E-state index in [0.717, 1.165) is 10.0 Å². The Morgan fingerprint density at radius 1 is 0.862 bits per heavy atom. The first-order valence-electron chi connectivity index (χ1n) is 8.92. The van der Waals surface area contributed by atoms with Gasteiger partial charge in [0.2, 0.25) is 0 Å². The lowest BCUT2D eigenvalue weighted by Crippen LogP contribution is -2.24. The summed E-state index contributed by atoms with van der Waals surface area (Å²) in [6, 6.07) is 21.4. The second-order valence-electron chi connectivity index (χ2n) is 6.11. The number of hydrogen-bond donors (Lipinski definition) is 3. The Labute approximate surface area is 177 Å². The van der Waals surface area contributed by atoms with Crippen LogP contribution in [0.5, 0.6) is 5.75 Å². The maximum Gasteiger partial charge on any atom is 0.318 e. The molecular formula is C22H20BrN3O3. The number of halogens is 1. The van der Waals surface area contributed by atoms with Crippen molar-refractivity contribution in [1.82, 2.24) is 5.32 Å². The fraction of sp³-hybridized carbons (Fsp3) is 0.0909. The number of para-hydroxylation sites is 1. The molecule has 3 rings (SSSR count). The molecule has 0 aliphatic carbocycles. The third-order valence-corrected chi connectivity index (χ3v) is 4.87. The fourth-order valence-electron chi connectivity index (χ4n) is 2.58. The van der Waals surface area contributed by atoms with E-state index in [1.54, 1.807) is 49.5 Å². The molecule has 3 N–H and O–H groups in total. The van der Waals surface area contributed by atoms with Crippen LogP contribution in [-0.2, 0) is 6.61 Å². The molecule has 0 aliphatic heterocycles. The van der Waals surface area contributed by atoms with Crippen LogP contribution >= 0.6 is 15.9 Å². The minimum atomic E-state index is -0.307. The van der Waals surface area contributed by atoms with Crippen molar-refractivity contribution < 1.29 is 14.3 Å². The number of nitrogens with one attached hydrogen (secondary N) is 3. The number of carbonyl (C=O) groups excluding carboxylic acids is 2. The highest BCUT2D eigenvalue weighted by Crippen LogP contribution is 2.23. The Morgan fingerprint density at radius 2 is 1.48 bits per heavy atom. The minimum Gasteiger partial charge on any atom is -0.488 e. The number of rotatable bonds is 6. The largest absolute Gasteiger partial charge is 0.488 e. The third kappa shape index (κ3) is 5.58. The molecule has 3 aromatic carbocycles. The van der Waals surface area contributed by atoms with Crippen molar-refractivity contribution in [3.63, 3.8) is 0 Å². The highest BCUT2D eigenvalue weighted by atomic mass is 79.9. The molecule has 0 unspecified atom stereocenters. The molecule has 0 spiro atoms. The molecule has 29 heavy (non-hydrogen) atoms. The molecule has 0 saturated carbocycles. The molecule has 0 radical (unpaired) electrons. The second kappa shape index (κ2) is 9.75. The average molecular weight is 454 g/mol. The number of anilines is 2. The zero-order valence-electron chi connectivity index (χ0n) is 15.7. The van der Waals surface area contributed by atoms with Gasteiger partial charge in [-0.15, -0.1) is 0 Å². The lowest BCUT2D eigenvalue weighted by atomic mass is 10.1. The van der Waals surface area contributed by atoms with E-state index in [2.05, 4.69) is 31.9 Å². The third-order valence-electron chi connectivity index (χ3n) is 4.10. The number of ether oxygens (including phenoxy) is 1. The molecule has 148 valence electrons. The van der Waals surface area contributed by atoms with E-state index in [1.165, 1.54) is 0 Å². The molecule has 0 heterocycles. The Kier molecular flexibility index (Phi) is 6.86. The van der Waals surface area contributed by atoms with Crippen LogP contribution in [-0.4, -0.2) is 19.0 Å². The van der Waals surface area contributed by atoms with E-state index < -0.39 is 0 Å². The van der Waals surface area contributed by atoms with E-state index in [-0.39, 0.29) is 11.9 Å². The molecular weight excluding hydrogens is 434 g/mol. The van der Waals surface area contributed by atoms with E-state index in [1.807, 2.05) is 30.3 Å². The van der Waals surface area contributed by atoms with Crippen LogP contribution < -0.4 is 20.7 Å². The summed E-state index contributed by atoms with van der Waals surface area (Å²) in [7, 11) is 1.54. The van der Waals surface area contributed by atoms with Gasteiger partial charge in [-0.25, -0.2) is 4.79 Å². The first-order chi connectivity index (χ1) is 14.1. The average Bonchev–Trinajstić information content (AvgIpc) is 2.74. The van der Waals surface area contributed by atoms with Gasteiger partial charge in [0.05, 0.1) is 5.56 Å². The van der Waals surface area contributed by atoms with Crippen molar-refractivity contribution >= 4 is 39.2 Å². The van der Waals surface area contributed by atoms with Crippen LogP contribution in [0.3, 0.4) is 0 Å². The van der Waals surface area contributed by atoms with Gasteiger partial charge in [-0.3, -0.25) is 4.79 Å². The first-order valence-corrected chi connectivity index (χ1v) is 9.71. The van der Waals surface area contributed by atoms with Crippen LogP contribution in [0.2, 0.25) is 0 Å². The summed E-state index contributed by atoms with van der Waals surface area (Å²) in [4.78, 5) is 24.1. The normalized spacial score (nSPS) is 10.1. The summed E-state index contributed by atoms with van der Waals surface area (Å²) in [5.41, 5.74) is 2.66. The summed E-state index contributed by atoms with van der Waals surface area (Å²) in [6.07, 6.45) is 0. The SMILES string of the molecule is CNC(=O)Nc1ccc(NC(=O)c2ccccc2OCc2ccccc2Br)cc1. The standard InChI is InChI=1S/C22H20BrN3O3/c1-24-22(28)26-17-12-10-16(11-13-17)25-21(27)18-7-3-5-9-20(18)29-14-15-6-2-4-8-19(15)23/h2-13H,14H2,1H3,(H,25,27)(H2,24,26,28). The van der Waals surface area contributed by atoms with Crippen molar-refractivity contribution in [3.8, 4) is 5.75 Å². The summed E-state index contributed by atoms with van der Waals surface area (Å²) in [5, 5.41) is 7.99. The molecule has 3 aromatic rings. The smallest absolute Gasteiger partial charge is 0.318 e. The second-order valence-corrected chi connectivity index (χ2v) is 6.97. The number of benzene rings is 3. The predicted octanol–water partition coefficient (Wildman–Crippen LogP) is 5.03. The van der Waals surface area contributed by atoms with Crippen molar-refractivity contribution in [2.75, 3.05) is 17.7 Å². The molecule has 0 saturated heterocycles. The molecule has 0 aliphatic rings. The van der Waals surface area contributed by atoms with E-state index >= 15 is 0 Å². The lowest BCUT2D eigenvalue weighted by Gasteiger charge is -2.13. The zero-order valence-corrected chi connectivity index (χ0v) is 17.3. The summed E-state index contributed by atoms with van der Waals surface area (Å²) >= 11 is 3.50. The van der Waals surface area contributed by atoms with Crippen LogP contribution in [0.1, 0.15) is 15.9 Å². The van der Waals surface area contributed by atoms with Gasteiger partial charge < -0.3 is 20.7 Å². The molecule has 0 fully saturated rings. The van der Waals surface area contributed by atoms with E-state index in [4.69, 9.17) is 4.74 Å². The molecule has 0 aromatic heterocycles. The maximum absolute atomic E-state index is 12.7. The zero-order chi connectivity index (χ0) is 20.6. The maximum atomic E-state index is 12.7. The quantitative estimate of drug-likeness (QED) is 0.489. The monoisotopic (exact) mass is 453 g/mol. The number of carbonyl (C=O) groups is 2. The van der Waals surface area contributed by atoms with Gasteiger partial charge in [0, 0.05) is 28.5 Å². The summed E-state index contributed by atoms with van der Waals surface area (Å²) in [5.74, 6) is 0.221. The van der Waals surface area contributed by atoms with Crippen molar-refractivity contribution in [2.24, 2.45) is 0 Å². The molecule has 0 atom stereocenters. The van der Waals surface area contributed by atoms with Crippen LogP contribution in [0.25, 0.3) is 0 Å². The Hall–Kier alpha value is -3.32. The van der Waals surface area contributed by atoms with Gasteiger partial charge in [-0.1, -0.05) is 46.3 Å². The van der Waals surface area contributed by atoms with Gasteiger partial charge >= 0.3 is 6.03 Å². The topological polar surface area (TPSA) is 79.5 Å². The van der Waals surface area contributed by atoms with Crippen LogP contribution in [0.15, 0.2) is 77.3 Å². The van der Waals surface area contributed by atoms with Crippen LogP contribution in [0.4, 0.5) is 16.2 Å². The Bertz CT molecular complexity index is 1010. The first kappa shape index (κ1) is 20.4. The van der Waals surface area contributed by atoms with Crippen molar-refractivity contribution in [2.45, 2.75) is 6.61 Å². The van der Waals surface area contributed by atoms with Gasteiger partial charge in [0.15, 0.2) is 0 Å². The molecule has 6 nitrogen and oxygen atoms in total. The molecule has 7 heteroatoms.